The Hall–Kier alpha value is -1.96. The summed E-state index contributed by atoms with van der Waals surface area (Å²) in [5.74, 6) is -0.440. The second-order valence-corrected chi connectivity index (χ2v) is 3.75. The third-order valence-electron chi connectivity index (χ3n) is 2.31. The summed E-state index contributed by atoms with van der Waals surface area (Å²) < 4.78 is 1.40. The smallest absolute Gasteiger partial charge is 0.321 e. The van der Waals surface area contributed by atoms with Crippen LogP contribution in [0.2, 0.25) is 0 Å². The molecule has 1 heterocycles. The van der Waals surface area contributed by atoms with Crippen LogP contribution in [0.15, 0.2) is 6.20 Å². The predicted octanol–water partition coefficient (Wildman–Crippen LogP) is -0.814. The lowest BCUT2D eigenvalue weighted by Gasteiger charge is -2.11. The van der Waals surface area contributed by atoms with Crippen LogP contribution in [0.4, 0.5) is 4.79 Å². The average molecular weight is 254 g/mol. The number of nitrogens with zero attached hydrogens (tertiary/aromatic N) is 3. The van der Waals surface area contributed by atoms with Crippen molar-refractivity contribution in [1.29, 1.82) is 0 Å². The minimum atomic E-state index is -0.605. The van der Waals surface area contributed by atoms with Gasteiger partial charge in [-0.05, 0) is 20.4 Å². The van der Waals surface area contributed by atoms with Crippen LogP contribution in [-0.2, 0) is 11.2 Å². The highest BCUT2D eigenvalue weighted by atomic mass is 16.2. The Kier molecular flexibility index (Phi) is 5.25. The van der Waals surface area contributed by atoms with E-state index in [9.17, 15) is 9.59 Å². The van der Waals surface area contributed by atoms with Crippen LogP contribution in [0.3, 0.4) is 0 Å². The summed E-state index contributed by atoms with van der Waals surface area (Å²) in [6, 6.07) is -1.12. The van der Waals surface area contributed by atoms with E-state index in [2.05, 4.69) is 20.9 Å². The molecule has 8 heteroatoms. The maximum Gasteiger partial charge on any atom is 0.321 e. The summed E-state index contributed by atoms with van der Waals surface area (Å²) in [4.78, 5) is 22.9. The fourth-order valence-corrected chi connectivity index (χ4v) is 1.31. The number of urea groups is 1. The zero-order valence-electron chi connectivity index (χ0n) is 10.5. The van der Waals surface area contributed by atoms with E-state index in [0.29, 0.717) is 19.5 Å². The van der Waals surface area contributed by atoms with Crippen LogP contribution in [0.25, 0.3) is 0 Å². The summed E-state index contributed by atoms with van der Waals surface area (Å²) in [5.41, 5.74) is 6.11. The van der Waals surface area contributed by atoms with Gasteiger partial charge in [-0.25, -0.2) is 9.48 Å². The van der Waals surface area contributed by atoms with E-state index >= 15 is 0 Å². The molecule has 0 aliphatic heterocycles. The topological polar surface area (TPSA) is 115 Å². The molecule has 4 N–H and O–H groups in total. The second kappa shape index (κ2) is 6.70. The van der Waals surface area contributed by atoms with Gasteiger partial charge in [0, 0.05) is 19.2 Å². The quantitative estimate of drug-likeness (QED) is 0.635. The zero-order valence-corrected chi connectivity index (χ0v) is 10.5. The summed E-state index contributed by atoms with van der Waals surface area (Å²) in [6.45, 7) is 4.33. The van der Waals surface area contributed by atoms with Gasteiger partial charge in [-0.1, -0.05) is 5.21 Å². The number of amides is 3. The van der Waals surface area contributed by atoms with Crippen LogP contribution in [-0.4, -0.2) is 40.0 Å². The molecular weight excluding hydrogens is 236 g/mol. The molecule has 1 rings (SSSR count). The highest BCUT2D eigenvalue weighted by Gasteiger charge is 2.18. The number of carbonyl (C=O) groups excluding carboxylic acids is 2. The monoisotopic (exact) mass is 254 g/mol. The fourth-order valence-electron chi connectivity index (χ4n) is 1.31. The lowest BCUT2D eigenvalue weighted by atomic mass is 10.3. The van der Waals surface area contributed by atoms with Gasteiger partial charge in [0.1, 0.15) is 6.04 Å². The number of rotatable bonds is 5. The number of nitrogens with one attached hydrogen (secondary N) is 2. The molecule has 0 bridgehead atoms. The molecule has 1 atom stereocenters. The van der Waals surface area contributed by atoms with Crippen LogP contribution >= 0.6 is 0 Å². The van der Waals surface area contributed by atoms with Gasteiger partial charge in [0.25, 0.3) is 5.91 Å². The Morgan fingerprint density at radius 2 is 2.28 bits per heavy atom. The van der Waals surface area contributed by atoms with Crippen molar-refractivity contribution in [3.63, 3.8) is 0 Å². The lowest BCUT2D eigenvalue weighted by Crippen LogP contribution is -2.42. The maximum absolute atomic E-state index is 11.7. The SMILES string of the molecule is CCNC(=O)NC(=O)C(C)n1cc(CCN)nn1. The summed E-state index contributed by atoms with van der Waals surface area (Å²) in [6.07, 6.45) is 2.25. The van der Waals surface area contributed by atoms with Crippen molar-refractivity contribution in [2.45, 2.75) is 26.3 Å². The Morgan fingerprint density at radius 3 is 2.89 bits per heavy atom. The Labute approximate surface area is 105 Å². The number of hydrogen-bond acceptors (Lipinski definition) is 5. The number of hydrogen-bond donors (Lipinski definition) is 3. The van der Waals surface area contributed by atoms with Crippen molar-refractivity contribution in [2.24, 2.45) is 5.73 Å². The van der Waals surface area contributed by atoms with Gasteiger partial charge in [0.15, 0.2) is 0 Å². The molecular formula is C10H18N6O2. The van der Waals surface area contributed by atoms with Gasteiger partial charge in [-0.2, -0.15) is 0 Å². The first-order valence-corrected chi connectivity index (χ1v) is 5.78. The first kappa shape index (κ1) is 14.1. The summed E-state index contributed by atoms with van der Waals surface area (Å²) in [5, 5.41) is 12.4. The standard InChI is InChI=1S/C10H18N6O2/c1-3-12-10(18)13-9(17)7(2)16-6-8(4-5-11)14-15-16/h6-7H,3-5,11H2,1-2H3,(H2,12,13,17,18). The fraction of sp³-hybridized carbons (Fsp3) is 0.600. The van der Waals surface area contributed by atoms with Gasteiger partial charge in [0.2, 0.25) is 0 Å². The maximum atomic E-state index is 11.7. The average Bonchev–Trinajstić information content (AvgIpc) is 2.77. The Balaban J connectivity index is 2.59. The highest BCUT2D eigenvalue weighted by molar-refractivity contribution is 5.95. The molecule has 3 amide bonds. The van der Waals surface area contributed by atoms with E-state index in [1.807, 2.05) is 0 Å². The first-order valence-electron chi connectivity index (χ1n) is 5.78. The molecule has 100 valence electrons. The number of carbonyl (C=O) groups is 2. The molecule has 0 radical (unpaired) electrons. The molecule has 0 saturated heterocycles. The molecule has 0 saturated carbocycles. The number of aromatic nitrogens is 3. The predicted molar refractivity (Wildman–Crippen MR) is 64.7 cm³/mol. The van der Waals surface area contributed by atoms with Gasteiger partial charge in [-0.15, -0.1) is 5.10 Å². The van der Waals surface area contributed by atoms with E-state index < -0.39 is 18.0 Å². The minimum absolute atomic E-state index is 0.440. The van der Waals surface area contributed by atoms with Crippen LogP contribution in [0.5, 0.6) is 0 Å². The van der Waals surface area contributed by atoms with E-state index in [-0.39, 0.29) is 0 Å². The van der Waals surface area contributed by atoms with Crippen molar-refractivity contribution in [3.05, 3.63) is 11.9 Å². The molecule has 0 aromatic carbocycles. The normalized spacial score (nSPS) is 11.9. The van der Waals surface area contributed by atoms with Gasteiger partial charge >= 0.3 is 6.03 Å². The molecule has 8 nitrogen and oxygen atoms in total. The van der Waals surface area contributed by atoms with Crippen molar-refractivity contribution in [1.82, 2.24) is 25.6 Å². The third-order valence-corrected chi connectivity index (χ3v) is 2.31. The molecule has 1 aromatic heterocycles. The van der Waals surface area contributed by atoms with Crippen molar-refractivity contribution in [3.8, 4) is 0 Å². The van der Waals surface area contributed by atoms with E-state index in [0.717, 1.165) is 5.69 Å². The molecule has 0 spiro atoms. The lowest BCUT2D eigenvalue weighted by molar-refractivity contribution is -0.123. The van der Waals surface area contributed by atoms with E-state index in [1.165, 1.54) is 4.68 Å². The molecule has 18 heavy (non-hydrogen) atoms. The number of nitrogens with two attached hydrogens (primary N) is 1. The van der Waals surface area contributed by atoms with Gasteiger partial charge in [0.05, 0.1) is 5.69 Å². The minimum Gasteiger partial charge on any atom is -0.338 e. The summed E-state index contributed by atoms with van der Waals surface area (Å²) >= 11 is 0. The van der Waals surface area contributed by atoms with Crippen molar-refractivity contribution >= 4 is 11.9 Å². The molecule has 1 unspecified atom stereocenters. The van der Waals surface area contributed by atoms with Crippen molar-refractivity contribution < 1.29 is 9.59 Å². The van der Waals surface area contributed by atoms with Crippen LogP contribution < -0.4 is 16.4 Å². The second-order valence-electron chi connectivity index (χ2n) is 3.75. The number of imide groups is 1. The van der Waals surface area contributed by atoms with Gasteiger partial charge in [-0.3, -0.25) is 10.1 Å². The largest absolute Gasteiger partial charge is 0.338 e. The molecule has 0 aliphatic carbocycles. The van der Waals surface area contributed by atoms with Crippen molar-refractivity contribution in [2.75, 3.05) is 13.1 Å². The third kappa shape index (κ3) is 3.81. The Bertz CT molecular complexity index is 416. The molecule has 0 fully saturated rings. The van der Waals surface area contributed by atoms with Crippen LogP contribution in [0, 0.1) is 0 Å². The molecule has 1 aromatic rings. The highest BCUT2D eigenvalue weighted by Crippen LogP contribution is 2.04. The zero-order chi connectivity index (χ0) is 13.5. The van der Waals surface area contributed by atoms with E-state index in [1.54, 1.807) is 20.0 Å². The molecule has 0 aliphatic rings. The first-order chi connectivity index (χ1) is 8.58. The van der Waals surface area contributed by atoms with Crippen LogP contribution in [0.1, 0.15) is 25.6 Å². The Morgan fingerprint density at radius 1 is 1.56 bits per heavy atom. The van der Waals surface area contributed by atoms with Gasteiger partial charge < -0.3 is 11.1 Å². The summed E-state index contributed by atoms with van der Waals surface area (Å²) in [7, 11) is 0. The van der Waals surface area contributed by atoms with E-state index in [4.69, 9.17) is 5.73 Å².